The van der Waals surface area contributed by atoms with E-state index in [4.69, 9.17) is 0 Å². The second-order valence-electron chi connectivity index (χ2n) is 6.41. The van der Waals surface area contributed by atoms with Crippen molar-refractivity contribution in [3.8, 4) is 0 Å². The number of carbonyl (C=O) groups excluding carboxylic acids is 1. The van der Waals surface area contributed by atoms with Gasteiger partial charge in [0.15, 0.2) is 0 Å². The fourth-order valence-corrected chi connectivity index (χ4v) is 3.30. The van der Waals surface area contributed by atoms with Gasteiger partial charge in [-0.25, -0.2) is 9.78 Å². The highest BCUT2D eigenvalue weighted by Crippen LogP contribution is 2.22. The van der Waals surface area contributed by atoms with E-state index in [1.165, 1.54) is 12.0 Å². The quantitative estimate of drug-likeness (QED) is 0.905. The molecule has 0 bridgehead atoms. The van der Waals surface area contributed by atoms with Gasteiger partial charge in [0.1, 0.15) is 0 Å². The number of nitrogens with zero attached hydrogens (tertiary/aromatic N) is 3. The molecule has 2 heterocycles. The van der Waals surface area contributed by atoms with Gasteiger partial charge in [-0.3, -0.25) is 0 Å². The van der Waals surface area contributed by atoms with Crippen LogP contribution in [-0.2, 0) is 13.0 Å². The maximum atomic E-state index is 12.7. The van der Waals surface area contributed by atoms with Gasteiger partial charge in [-0.15, -0.1) is 0 Å². The maximum Gasteiger partial charge on any atom is 0.322 e. The summed E-state index contributed by atoms with van der Waals surface area (Å²) in [6, 6.07) is 8.44. The average Bonchev–Trinajstić information content (AvgIpc) is 3.14. The van der Waals surface area contributed by atoms with Crippen molar-refractivity contribution >= 4 is 11.7 Å². The number of aryl methyl sites for hydroxylation is 2. The molecule has 0 spiro atoms. The minimum Gasteiger partial charge on any atom is -0.337 e. The molecule has 0 aliphatic carbocycles. The number of amides is 2. The molecule has 1 aromatic carbocycles. The number of hydrogen-bond donors (Lipinski definition) is 1. The molecule has 1 aliphatic rings. The summed E-state index contributed by atoms with van der Waals surface area (Å²) >= 11 is 0. The lowest BCUT2D eigenvalue weighted by molar-refractivity contribution is 0.155. The molecule has 0 saturated carbocycles. The summed E-state index contributed by atoms with van der Waals surface area (Å²) in [6.45, 7) is 3.87. The Balaban J connectivity index is 1.59. The Bertz CT molecular complexity index is 636. The van der Waals surface area contributed by atoms with Crippen LogP contribution in [0.4, 0.5) is 10.5 Å². The molecule has 1 aliphatic heterocycles. The molecular formula is C19H26N4O. The first kappa shape index (κ1) is 16.6. The summed E-state index contributed by atoms with van der Waals surface area (Å²) in [5.74, 6) is 0. The van der Waals surface area contributed by atoms with Crippen molar-refractivity contribution in [1.29, 1.82) is 0 Å². The number of carbonyl (C=O) groups is 1. The number of likely N-dealkylation sites (tertiary alicyclic amines) is 1. The SMILES string of the molecule is CCc1ccc(NC(=O)N2CCCC[C@H]2CCn2ccnc2)cc1. The Hall–Kier alpha value is -2.30. The first-order valence-corrected chi connectivity index (χ1v) is 8.88. The van der Waals surface area contributed by atoms with E-state index >= 15 is 0 Å². The van der Waals surface area contributed by atoms with Gasteiger partial charge in [-0.1, -0.05) is 19.1 Å². The number of benzene rings is 1. The molecule has 24 heavy (non-hydrogen) atoms. The molecule has 2 amide bonds. The first-order valence-electron chi connectivity index (χ1n) is 8.88. The van der Waals surface area contributed by atoms with Gasteiger partial charge in [0, 0.05) is 37.2 Å². The molecule has 128 valence electrons. The largest absolute Gasteiger partial charge is 0.337 e. The van der Waals surface area contributed by atoms with E-state index in [-0.39, 0.29) is 6.03 Å². The molecular weight excluding hydrogens is 300 g/mol. The number of urea groups is 1. The Morgan fingerprint density at radius 1 is 1.29 bits per heavy atom. The smallest absolute Gasteiger partial charge is 0.322 e. The minimum atomic E-state index is 0.0228. The van der Waals surface area contributed by atoms with Gasteiger partial charge >= 0.3 is 6.03 Å². The van der Waals surface area contributed by atoms with Crippen molar-refractivity contribution in [3.05, 3.63) is 48.5 Å². The predicted molar refractivity (Wildman–Crippen MR) is 96.0 cm³/mol. The first-order chi connectivity index (χ1) is 11.8. The van der Waals surface area contributed by atoms with Crippen LogP contribution in [0.1, 0.15) is 38.2 Å². The summed E-state index contributed by atoms with van der Waals surface area (Å²) in [4.78, 5) is 18.8. The molecule has 0 radical (unpaired) electrons. The lowest BCUT2D eigenvalue weighted by Gasteiger charge is -2.36. The van der Waals surface area contributed by atoms with E-state index < -0.39 is 0 Å². The standard InChI is InChI=1S/C19H26N4O/c1-2-16-6-8-17(9-7-16)21-19(24)23-12-4-3-5-18(23)10-13-22-14-11-20-15-22/h6-9,11,14-15,18H,2-5,10,12-13H2,1H3,(H,21,24)/t18-/m0/s1. The summed E-state index contributed by atoms with van der Waals surface area (Å²) in [5, 5.41) is 3.05. The number of hydrogen-bond acceptors (Lipinski definition) is 2. The summed E-state index contributed by atoms with van der Waals surface area (Å²) in [5.41, 5.74) is 2.15. The third-order valence-electron chi connectivity index (χ3n) is 4.78. The Labute approximate surface area is 143 Å². The van der Waals surface area contributed by atoms with Gasteiger partial charge in [0.2, 0.25) is 0 Å². The van der Waals surface area contributed by atoms with Crippen LogP contribution in [-0.4, -0.2) is 33.1 Å². The number of imidazole rings is 1. The number of piperidine rings is 1. The van der Waals surface area contributed by atoms with Crippen molar-refractivity contribution in [2.45, 2.75) is 51.6 Å². The van der Waals surface area contributed by atoms with Crippen LogP contribution in [0.15, 0.2) is 43.0 Å². The van der Waals surface area contributed by atoms with Crippen molar-refractivity contribution < 1.29 is 4.79 Å². The van der Waals surface area contributed by atoms with Crippen molar-refractivity contribution in [3.63, 3.8) is 0 Å². The molecule has 1 aromatic heterocycles. The van der Waals surface area contributed by atoms with Crippen LogP contribution in [0.2, 0.25) is 0 Å². The zero-order valence-corrected chi connectivity index (χ0v) is 14.3. The Morgan fingerprint density at radius 3 is 2.83 bits per heavy atom. The highest BCUT2D eigenvalue weighted by Gasteiger charge is 2.26. The van der Waals surface area contributed by atoms with Crippen LogP contribution < -0.4 is 5.32 Å². The third kappa shape index (κ3) is 4.16. The minimum absolute atomic E-state index is 0.0228. The molecule has 3 rings (SSSR count). The van der Waals surface area contributed by atoms with Crippen LogP contribution in [0, 0.1) is 0 Å². The van der Waals surface area contributed by atoms with Gasteiger partial charge in [-0.05, 0) is 49.8 Å². The fourth-order valence-electron chi connectivity index (χ4n) is 3.30. The van der Waals surface area contributed by atoms with Crippen LogP contribution in [0.25, 0.3) is 0 Å². The molecule has 2 aromatic rings. The summed E-state index contributed by atoms with van der Waals surface area (Å²) in [7, 11) is 0. The van der Waals surface area contributed by atoms with Gasteiger partial charge in [0.25, 0.3) is 0 Å². The molecule has 1 fully saturated rings. The number of rotatable bonds is 5. The Morgan fingerprint density at radius 2 is 2.12 bits per heavy atom. The zero-order valence-electron chi connectivity index (χ0n) is 14.3. The van der Waals surface area contributed by atoms with Crippen molar-refractivity contribution in [2.24, 2.45) is 0 Å². The van der Waals surface area contributed by atoms with E-state index in [1.807, 2.05) is 29.6 Å². The van der Waals surface area contributed by atoms with E-state index in [1.54, 1.807) is 6.20 Å². The van der Waals surface area contributed by atoms with Crippen molar-refractivity contribution in [1.82, 2.24) is 14.5 Å². The predicted octanol–water partition coefficient (Wildman–Crippen LogP) is 3.92. The molecule has 5 nitrogen and oxygen atoms in total. The fraction of sp³-hybridized carbons (Fsp3) is 0.474. The van der Waals surface area contributed by atoms with Gasteiger partial charge in [0.05, 0.1) is 6.33 Å². The van der Waals surface area contributed by atoms with Crippen LogP contribution in [0.5, 0.6) is 0 Å². The lowest BCUT2D eigenvalue weighted by atomic mass is 9.99. The molecule has 1 N–H and O–H groups in total. The average molecular weight is 326 g/mol. The number of nitrogens with one attached hydrogen (secondary N) is 1. The lowest BCUT2D eigenvalue weighted by Crippen LogP contribution is -2.46. The highest BCUT2D eigenvalue weighted by molar-refractivity contribution is 5.89. The molecule has 1 atom stereocenters. The zero-order chi connectivity index (χ0) is 16.8. The highest BCUT2D eigenvalue weighted by atomic mass is 16.2. The molecule has 0 unspecified atom stereocenters. The summed E-state index contributed by atoms with van der Waals surface area (Å²) in [6.07, 6.45) is 11.0. The van der Waals surface area contributed by atoms with Crippen LogP contribution >= 0.6 is 0 Å². The van der Waals surface area contributed by atoms with Gasteiger partial charge < -0.3 is 14.8 Å². The van der Waals surface area contributed by atoms with E-state index in [9.17, 15) is 4.79 Å². The van der Waals surface area contributed by atoms with Gasteiger partial charge in [-0.2, -0.15) is 0 Å². The van der Waals surface area contributed by atoms with Crippen molar-refractivity contribution in [2.75, 3.05) is 11.9 Å². The normalized spacial score (nSPS) is 17.7. The summed E-state index contributed by atoms with van der Waals surface area (Å²) < 4.78 is 2.08. The second-order valence-corrected chi connectivity index (χ2v) is 6.41. The maximum absolute atomic E-state index is 12.7. The van der Waals surface area contributed by atoms with Crippen LogP contribution in [0.3, 0.4) is 0 Å². The Kier molecular flexibility index (Phi) is 5.51. The van der Waals surface area contributed by atoms with E-state index in [2.05, 4.69) is 33.9 Å². The van der Waals surface area contributed by atoms with E-state index in [0.717, 1.165) is 44.5 Å². The molecule has 1 saturated heterocycles. The second kappa shape index (κ2) is 7.99. The van der Waals surface area contributed by atoms with E-state index in [0.29, 0.717) is 6.04 Å². The molecule has 5 heteroatoms. The topological polar surface area (TPSA) is 50.2 Å². The number of aromatic nitrogens is 2. The monoisotopic (exact) mass is 326 g/mol. The third-order valence-corrected chi connectivity index (χ3v) is 4.78. The number of anilines is 1.